The van der Waals surface area contributed by atoms with Crippen LogP contribution in [0.3, 0.4) is 0 Å². The minimum absolute atomic E-state index is 0. The summed E-state index contributed by atoms with van der Waals surface area (Å²) in [6, 6.07) is 39.1. The van der Waals surface area contributed by atoms with Crippen LogP contribution in [-0.4, -0.2) is 22.6 Å². The smallest absolute Gasteiger partial charge is 0.0774 e. The summed E-state index contributed by atoms with van der Waals surface area (Å²) >= 11 is 1.70. The molecule has 6 heteroatoms. The molecule has 3 heterocycles. The number of thiophene rings is 1. The molecule has 0 aliphatic heterocycles. The van der Waals surface area contributed by atoms with Crippen LogP contribution < -0.4 is 5.19 Å². The van der Waals surface area contributed by atoms with E-state index in [4.69, 9.17) is 4.98 Å². The first-order valence-electron chi connectivity index (χ1n) is 16.1. The van der Waals surface area contributed by atoms with Crippen molar-refractivity contribution in [1.82, 2.24) is 14.5 Å². The van der Waals surface area contributed by atoms with Crippen LogP contribution in [-0.2, 0) is 20.1 Å². The monoisotopic (exact) mass is 828 g/mol. The number of para-hydroxylation sites is 3. The Kier molecular flexibility index (Phi) is 10.8. The molecule has 0 aliphatic carbocycles. The van der Waals surface area contributed by atoms with Crippen LogP contribution in [0.25, 0.3) is 49.5 Å². The minimum Gasteiger partial charge on any atom is -0.333 e. The van der Waals surface area contributed by atoms with Gasteiger partial charge in [0.1, 0.15) is 0 Å². The topological polar surface area (TPSA) is 30.7 Å². The Morgan fingerprint density at radius 2 is 1.47 bits per heavy atom. The quantitative estimate of drug-likeness (QED) is 0.124. The van der Waals surface area contributed by atoms with Crippen LogP contribution in [0.2, 0.25) is 19.6 Å². The number of aromatic nitrogens is 3. The van der Waals surface area contributed by atoms with Crippen molar-refractivity contribution in [2.24, 2.45) is 0 Å². The van der Waals surface area contributed by atoms with Crippen molar-refractivity contribution in [1.29, 1.82) is 0 Å². The average Bonchev–Trinajstić information content (AvgIpc) is 3.66. The predicted octanol–water partition coefficient (Wildman–Crippen LogP) is 11.0. The maximum Gasteiger partial charge on any atom is 0.0774 e. The van der Waals surface area contributed by atoms with Gasteiger partial charge in [0, 0.05) is 32.0 Å². The van der Waals surface area contributed by atoms with Gasteiger partial charge in [-0.2, -0.15) is 0 Å². The number of rotatable bonds is 6. The third kappa shape index (κ3) is 7.27. The summed E-state index contributed by atoms with van der Waals surface area (Å²) in [4.78, 5) is 9.44. The van der Waals surface area contributed by atoms with Crippen molar-refractivity contribution in [3.63, 3.8) is 0 Å². The summed E-state index contributed by atoms with van der Waals surface area (Å²) in [6.07, 6.45) is 1.79. The number of hydrogen-bond donors (Lipinski definition) is 0. The molecule has 0 aliphatic rings. The molecule has 0 N–H and O–H groups in total. The Hall–Kier alpha value is -3.67. The van der Waals surface area contributed by atoms with Gasteiger partial charge in [0.2, 0.25) is 0 Å². The van der Waals surface area contributed by atoms with Crippen LogP contribution in [0.1, 0.15) is 50.7 Å². The first kappa shape index (κ1) is 34.7. The molecule has 0 saturated heterocycles. The van der Waals surface area contributed by atoms with E-state index in [2.05, 4.69) is 129 Å². The fraction of sp³-hybridized carbons (Fsp3) is 0.220. The van der Waals surface area contributed by atoms with Gasteiger partial charge in [0.05, 0.1) is 24.9 Å². The second kappa shape index (κ2) is 14.6. The van der Waals surface area contributed by atoms with Crippen molar-refractivity contribution >= 4 is 45.7 Å². The van der Waals surface area contributed by atoms with Crippen molar-refractivity contribution in [3.8, 4) is 28.3 Å². The molecule has 0 spiro atoms. The number of hydrogen-bond acceptors (Lipinski definition) is 3. The summed E-state index contributed by atoms with van der Waals surface area (Å²) in [5, 5.41) is 6.40. The van der Waals surface area contributed by atoms with Gasteiger partial charge in [0.25, 0.3) is 0 Å². The van der Waals surface area contributed by atoms with Gasteiger partial charge in [0.15, 0.2) is 0 Å². The van der Waals surface area contributed by atoms with Crippen LogP contribution in [0.5, 0.6) is 0 Å². The van der Waals surface area contributed by atoms with E-state index in [0.717, 1.165) is 33.7 Å². The summed E-state index contributed by atoms with van der Waals surface area (Å²) in [5.74, 6) is 1.81. The Balaban J connectivity index is 0.000000280. The molecule has 7 rings (SSSR count). The Bertz CT molecular complexity index is 2030. The van der Waals surface area contributed by atoms with E-state index >= 15 is 0 Å². The molecule has 0 bridgehead atoms. The number of benzene rings is 4. The maximum atomic E-state index is 5.22. The molecule has 4 aromatic carbocycles. The Morgan fingerprint density at radius 1 is 0.766 bits per heavy atom. The van der Waals surface area contributed by atoms with E-state index in [1.165, 1.54) is 32.1 Å². The molecule has 0 unspecified atom stereocenters. The van der Waals surface area contributed by atoms with Crippen molar-refractivity contribution < 1.29 is 20.1 Å². The average molecular weight is 828 g/mol. The first-order valence-corrected chi connectivity index (χ1v) is 20.4. The molecule has 3 aromatic heterocycles. The van der Waals surface area contributed by atoms with E-state index in [-0.39, 0.29) is 20.1 Å². The summed E-state index contributed by atoms with van der Waals surface area (Å²) < 4.78 is 3.69. The zero-order valence-corrected chi connectivity index (χ0v) is 32.3. The largest absolute Gasteiger partial charge is 0.333 e. The minimum atomic E-state index is -1.44. The molecule has 7 aromatic rings. The van der Waals surface area contributed by atoms with Crippen LogP contribution in [0.15, 0.2) is 109 Å². The third-order valence-corrected chi connectivity index (χ3v) is 11.3. The number of pyridine rings is 1. The second-order valence-electron chi connectivity index (χ2n) is 13.4. The Labute approximate surface area is 298 Å². The molecule has 3 nitrogen and oxygen atoms in total. The van der Waals surface area contributed by atoms with Gasteiger partial charge in [-0.3, -0.25) is 16.3 Å². The fourth-order valence-corrected chi connectivity index (χ4v) is 7.85. The fourth-order valence-electron chi connectivity index (χ4n) is 5.87. The van der Waals surface area contributed by atoms with E-state index in [9.17, 15) is 0 Å². The summed E-state index contributed by atoms with van der Waals surface area (Å²) in [5.41, 5.74) is 9.31. The SMILES string of the molecule is CC(C)c1cccc(C(C)C)c1-n1c(-c2[c-]sc3ccc([Si](C)(C)C)cc23)nc2ccccc21.[Ir].[c-]1ccccc1-c1ccccn1. The zero-order chi connectivity index (χ0) is 32.4. The van der Waals surface area contributed by atoms with Gasteiger partial charge >= 0.3 is 0 Å². The third-order valence-electron chi connectivity index (χ3n) is 8.38. The van der Waals surface area contributed by atoms with Crippen LogP contribution in [0.4, 0.5) is 0 Å². The molecule has 0 saturated carbocycles. The van der Waals surface area contributed by atoms with E-state index in [1.54, 1.807) is 17.5 Å². The first-order chi connectivity index (χ1) is 22.1. The Morgan fingerprint density at radius 3 is 2.11 bits per heavy atom. The van der Waals surface area contributed by atoms with Gasteiger partial charge < -0.3 is 9.55 Å². The molecule has 1 radical (unpaired) electrons. The normalized spacial score (nSPS) is 11.5. The maximum absolute atomic E-state index is 5.22. The van der Waals surface area contributed by atoms with Crippen molar-refractivity contribution in [2.75, 3.05) is 0 Å². The molecule has 0 amide bonds. The van der Waals surface area contributed by atoms with E-state index in [1.807, 2.05) is 42.5 Å². The van der Waals surface area contributed by atoms with Gasteiger partial charge in [-0.05, 0) is 46.9 Å². The second-order valence-corrected chi connectivity index (χ2v) is 19.3. The number of fused-ring (bicyclic) bond motifs is 2. The van der Waals surface area contributed by atoms with Crippen molar-refractivity contribution in [2.45, 2.75) is 59.2 Å². The molecule has 0 fully saturated rings. The molecular formula is C41H41IrN3SSi-2. The molecule has 241 valence electrons. The standard InChI is InChI=1S/C30H33N2SSi.C11H8N.Ir/c1-19(2)22-11-10-12-23(20(3)4)29(22)32-27-14-9-8-13-26(27)31-30(32)25-18-33-28-16-15-21(17-24(25)28)34(5,6)7;1-2-6-10(7-3-1)11-8-4-5-9-12-11;/h8-17,19-20H,1-7H3;1-6,8-9H;/q2*-1;. The van der Waals surface area contributed by atoms with Gasteiger partial charge in [-0.1, -0.05) is 123 Å². The predicted molar refractivity (Wildman–Crippen MR) is 200 cm³/mol. The van der Waals surface area contributed by atoms with Gasteiger partial charge in [-0.15, -0.1) is 47.3 Å². The van der Waals surface area contributed by atoms with E-state index in [0.29, 0.717) is 11.8 Å². The van der Waals surface area contributed by atoms with Crippen LogP contribution >= 0.6 is 11.3 Å². The van der Waals surface area contributed by atoms with Gasteiger partial charge in [-0.25, -0.2) is 0 Å². The van der Waals surface area contributed by atoms with Crippen molar-refractivity contribution in [3.05, 3.63) is 132 Å². The van der Waals surface area contributed by atoms with E-state index < -0.39 is 8.07 Å². The number of nitrogens with zero attached hydrogens (tertiary/aromatic N) is 3. The summed E-state index contributed by atoms with van der Waals surface area (Å²) in [6.45, 7) is 16.4. The molecule has 0 atom stereocenters. The molecular weight excluding hydrogens is 787 g/mol. The number of imidazole rings is 1. The molecule has 47 heavy (non-hydrogen) atoms. The van der Waals surface area contributed by atoms with Crippen LogP contribution in [0, 0.1) is 11.4 Å². The summed E-state index contributed by atoms with van der Waals surface area (Å²) in [7, 11) is -1.44. The zero-order valence-electron chi connectivity index (χ0n) is 28.1.